The molecule has 0 radical (unpaired) electrons. The van der Waals surface area contributed by atoms with Crippen molar-refractivity contribution in [3.8, 4) is 22.3 Å². The Kier molecular flexibility index (Phi) is 4.25. The summed E-state index contributed by atoms with van der Waals surface area (Å²) in [5.74, 6) is 0. The van der Waals surface area contributed by atoms with Gasteiger partial charge in [0.2, 0.25) is 0 Å². The van der Waals surface area contributed by atoms with Gasteiger partial charge in [0.1, 0.15) is 0 Å². The second-order valence-electron chi connectivity index (χ2n) is 9.03. The highest BCUT2D eigenvalue weighted by molar-refractivity contribution is 6.06. The molecule has 7 aromatic rings. The van der Waals surface area contributed by atoms with Crippen LogP contribution in [0.2, 0.25) is 0 Å². The van der Waals surface area contributed by atoms with Gasteiger partial charge >= 0.3 is 0 Å². The first-order valence-corrected chi connectivity index (χ1v) is 11.8. The highest BCUT2D eigenvalue weighted by Crippen LogP contribution is 2.35. The fourth-order valence-electron chi connectivity index (χ4n) is 5.27. The summed E-state index contributed by atoms with van der Waals surface area (Å²) in [4.78, 5) is 0. The molecular formula is C34H22. The Hall–Kier alpha value is -4.42. The molecule has 7 rings (SSSR count). The first-order chi connectivity index (χ1) is 16.8. The third-order valence-electron chi connectivity index (χ3n) is 7.00. The number of hydrogen-bond donors (Lipinski definition) is 0. The van der Waals surface area contributed by atoms with E-state index >= 15 is 0 Å². The van der Waals surface area contributed by atoms with Crippen LogP contribution in [-0.4, -0.2) is 0 Å². The van der Waals surface area contributed by atoms with Gasteiger partial charge in [-0.05, 0) is 89.6 Å². The Morgan fingerprint density at radius 2 is 0.618 bits per heavy atom. The van der Waals surface area contributed by atoms with Gasteiger partial charge in [-0.1, -0.05) is 109 Å². The molecule has 0 aromatic heterocycles. The summed E-state index contributed by atoms with van der Waals surface area (Å²) in [5, 5.41) is 10.3. The lowest BCUT2D eigenvalue weighted by molar-refractivity contribution is 1.63. The SMILES string of the molecule is c1ccc2cc3c(-c4ccc(-c5cccc6cc7ccccc7cc56)cc4)cccc3cc2c1. The van der Waals surface area contributed by atoms with Gasteiger partial charge in [0.05, 0.1) is 0 Å². The van der Waals surface area contributed by atoms with Crippen molar-refractivity contribution in [2.45, 2.75) is 0 Å². The lowest BCUT2D eigenvalue weighted by Crippen LogP contribution is -1.85. The third-order valence-corrected chi connectivity index (χ3v) is 7.00. The van der Waals surface area contributed by atoms with E-state index in [0.717, 1.165) is 0 Å². The monoisotopic (exact) mass is 430 g/mol. The van der Waals surface area contributed by atoms with Crippen LogP contribution in [0.4, 0.5) is 0 Å². The van der Waals surface area contributed by atoms with Gasteiger partial charge in [0.25, 0.3) is 0 Å². The Balaban J connectivity index is 1.36. The van der Waals surface area contributed by atoms with Crippen LogP contribution in [0.1, 0.15) is 0 Å². The van der Waals surface area contributed by atoms with Crippen LogP contribution in [0.3, 0.4) is 0 Å². The zero-order valence-corrected chi connectivity index (χ0v) is 18.7. The smallest absolute Gasteiger partial charge is 0.00990 e. The molecular weight excluding hydrogens is 408 g/mol. The van der Waals surface area contributed by atoms with Gasteiger partial charge < -0.3 is 0 Å². The molecule has 0 saturated heterocycles. The molecule has 0 aliphatic heterocycles. The van der Waals surface area contributed by atoms with E-state index < -0.39 is 0 Å². The maximum Gasteiger partial charge on any atom is -0.00990 e. The van der Waals surface area contributed by atoms with Crippen molar-refractivity contribution >= 4 is 43.1 Å². The Morgan fingerprint density at radius 1 is 0.265 bits per heavy atom. The van der Waals surface area contributed by atoms with E-state index in [2.05, 4.69) is 133 Å². The molecule has 0 bridgehead atoms. The molecule has 0 spiro atoms. The molecule has 0 heterocycles. The maximum atomic E-state index is 2.32. The summed E-state index contributed by atoms with van der Waals surface area (Å²) in [6, 6.07) is 48.7. The van der Waals surface area contributed by atoms with Crippen LogP contribution in [0.5, 0.6) is 0 Å². The molecule has 0 heteroatoms. The molecule has 0 saturated carbocycles. The molecule has 158 valence electrons. The summed E-state index contributed by atoms with van der Waals surface area (Å²) in [6.45, 7) is 0. The summed E-state index contributed by atoms with van der Waals surface area (Å²) in [7, 11) is 0. The van der Waals surface area contributed by atoms with E-state index in [1.807, 2.05) is 0 Å². The fourth-order valence-corrected chi connectivity index (χ4v) is 5.27. The highest BCUT2D eigenvalue weighted by atomic mass is 14.1. The van der Waals surface area contributed by atoms with Gasteiger partial charge in [-0.15, -0.1) is 0 Å². The number of benzene rings is 7. The zero-order chi connectivity index (χ0) is 22.5. The molecule has 7 aromatic carbocycles. The van der Waals surface area contributed by atoms with Crippen molar-refractivity contribution < 1.29 is 0 Å². The average molecular weight is 431 g/mol. The Bertz CT molecular complexity index is 1700. The molecule has 0 amide bonds. The van der Waals surface area contributed by atoms with E-state index in [-0.39, 0.29) is 0 Å². The molecule has 0 nitrogen and oxygen atoms in total. The minimum Gasteiger partial charge on any atom is -0.0616 e. The van der Waals surface area contributed by atoms with Crippen molar-refractivity contribution in [3.05, 3.63) is 133 Å². The molecule has 0 unspecified atom stereocenters. The van der Waals surface area contributed by atoms with E-state index in [1.54, 1.807) is 0 Å². The number of rotatable bonds is 2. The van der Waals surface area contributed by atoms with Crippen molar-refractivity contribution in [2.75, 3.05) is 0 Å². The largest absolute Gasteiger partial charge is 0.0616 e. The van der Waals surface area contributed by atoms with E-state index in [9.17, 15) is 0 Å². The first kappa shape index (κ1) is 19.1. The highest BCUT2D eigenvalue weighted by Gasteiger charge is 2.09. The van der Waals surface area contributed by atoms with Crippen LogP contribution >= 0.6 is 0 Å². The van der Waals surface area contributed by atoms with E-state index in [0.29, 0.717) is 0 Å². The number of hydrogen-bond acceptors (Lipinski definition) is 0. The molecule has 0 N–H and O–H groups in total. The Morgan fingerprint density at radius 3 is 1.03 bits per heavy atom. The third kappa shape index (κ3) is 3.08. The minimum absolute atomic E-state index is 1.25. The summed E-state index contributed by atoms with van der Waals surface area (Å²) >= 11 is 0. The van der Waals surface area contributed by atoms with Gasteiger partial charge in [-0.25, -0.2) is 0 Å². The van der Waals surface area contributed by atoms with Crippen LogP contribution in [0.25, 0.3) is 65.3 Å². The Labute approximate surface area is 198 Å². The fraction of sp³-hybridized carbons (Fsp3) is 0. The topological polar surface area (TPSA) is 0 Å². The van der Waals surface area contributed by atoms with Crippen molar-refractivity contribution in [1.29, 1.82) is 0 Å². The lowest BCUT2D eigenvalue weighted by Gasteiger charge is -2.12. The van der Waals surface area contributed by atoms with Crippen LogP contribution in [-0.2, 0) is 0 Å². The zero-order valence-electron chi connectivity index (χ0n) is 18.7. The molecule has 34 heavy (non-hydrogen) atoms. The van der Waals surface area contributed by atoms with Gasteiger partial charge in [-0.2, -0.15) is 0 Å². The second-order valence-corrected chi connectivity index (χ2v) is 9.03. The standard InChI is InChI=1S/C34H22/c1-3-9-27-21-33-29(19-25(27)7-1)11-5-13-31(33)23-15-17-24(18-16-23)32-14-6-12-30-20-26-8-2-4-10-28(26)22-34(30)32/h1-22H. The van der Waals surface area contributed by atoms with E-state index in [1.165, 1.54) is 65.3 Å². The summed E-state index contributed by atoms with van der Waals surface area (Å²) < 4.78 is 0. The molecule has 0 aliphatic carbocycles. The quantitative estimate of drug-likeness (QED) is 0.239. The molecule has 0 fully saturated rings. The molecule has 0 aliphatic rings. The minimum atomic E-state index is 1.25. The van der Waals surface area contributed by atoms with Gasteiger partial charge in [0.15, 0.2) is 0 Å². The first-order valence-electron chi connectivity index (χ1n) is 11.8. The summed E-state index contributed by atoms with van der Waals surface area (Å²) in [5.41, 5.74) is 5.04. The number of fused-ring (bicyclic) bond motifs is 4. The van der Waals surface area contributed by atoms with Gasteiger partial charge in [0, 0.05) is 0 Å². The summed E-state index contributed by atoms with van der Waals surface area (Å²) in [6.07, 6.45) is 0. The average Bonchev–Trinajstić information content (AvgIpc) is 2.90. The van der Waals surface area contributed by atoms with Crippen LogP contribution in [0, 0.1) is 0 Å². The van der Waals surface area contributed by atoms with Gasteiger partial charge in [-0.3, -0.25) is 0 Å². The molecule has 0 atom stereocenters. The van der Waals surface area contributed by atoms with Crippen molar-refractivity contribution in [2.24, 2.45) is 0 Å². The predicted octanol–water partition coefficient (Wildman–Crippen LogP) is 9.63. The maximum absolute atomic E-state index is 2.32. The van der Waals surface area contributed by atoms with Crippen molar-refractivity contribution in [1.82, 2.24) is 0 Å². The predicted molar refractivity (Wildman–Crippen MR) is 147 cm³/mol. The van der Waals surface area contributed by atoms with Crippen LogP contribution in [0.15, 0.2) is 133 Å². The van der Waals surface area contributed by atoms with E-state index in [4.69, 9.17) is 0 Å². The normalized spacial score (nSPS) is 11.5. The second kappa shape index (κ2) is 7.57. The van der Waals surface area contributed by atoms with Crippen LogP contribution < -0.4 is 0 Å². The van der Waals surface area contributed by atoms with Crippen molar-refractivity contribution in [3.63, 3.8) is 0 Å². The lowest BCUT2D eigenvalue weighted by atomic mass is 9.92.